The van der Waals surface area contributed by atoms with Gasteiger partial charge in [0, 0.05) is 54.5 Å². The minimum Gasteiger partial charge on any atom is -0.452 e. The quantitative estimate of drug-likeness (QED) is 0.0956. The molecule has 0 radical (unpaired) electrons. The smallest absolute Gasteiger partial charge is 0.178 e. The zero-order valence-corrected chi connectivity index (χ0v) is 64.0. The van der Waals surface area contributed by atoms with E-state index in [4.69, 9.17) is 8.83 Å². The van der Waals surface area contributed by atoms with Crippen LogP contribution in [0.5, 0.6) is 0 Å². The van der Waals surface area contributed by atoms with Crippen molar-refractivity contribution >= 4 is 141 Å². The van der Waals surface area contributed by atoms with Crippen LogP contribution >= 0.6 is 0 Å². The van der Waals surface area contributed by atoms with Crippen molar-refractivity contribution in [3.63, 3.8) is 0 Å². The normalized spacial score (nSPS) is 12.1. The van der Waals surface area contributed by atoms with Gasteiger partial charge in [0.2, 0.25) is 0 Å². The Morgan fingerprint density at radius 2 is 0.415 bits per heavy atom. The third-order valence-corrected chi connectivity index (χ3v) is 25.3. The van der Waals surface area contributed by atoms with E-state index >= 15 is 0 Å². The van der Waals surface area contributed by atoms with Gasteiger partial charge >= 0.3 is 0 Å². The first-order chi connectivity index (χ1) is 58.5. The summed E-state index contributed by atoms with van der Waals surface area (Å²) in [6.45, 7) is 0. The summed E-state index contributed by atoms with van der Waals surface area (Å²) in [5.41, 5.74) is 30.7. The third-order valence-electron chi connectivity index (χ3n) is 25.3. The van der Waals surface area contributed by atoms with Crippen LogP contribution < -0.4 is 0 Å². The standard InChI is InChI=1S/C114H68N2O2/c1-6-22-69(23-7-1)78-48-59-99-94(64-78)95-65-79(70-24-8-2-9-25-70)49-60-100(95)115(99)83-53-44-76(45-54-83)107-105(74-30-14-5-15-31-74)106(75-42-40-73(41-43-75)82-52-63-104-98(68-82)91-58-57-90-87-34-18-19-39-103(87)117-113(90)114(91)118-104)108(112-93-38-21-36-89-86-33-17-16-32-85(86)88-35-20-37-92(111(107)112)109(88)110(89)93)77-46-55-84(56-47-77)116-101-61-50-80(71-26-10-3-11-27-71)66-96(101)97-67-81(51-62-102(97)116)72-28-12-4-13-29-72/h1-68H. The average Bonchev–Trinajstić information content (AvgIpc) is 1.01. The van der Waals surface area contributed by atoms with Crippen molar-refractivity contribution in [3.8, 4) is 112 Å². The number of benzene rings is 21. The predicted octanol–water partition coefficient (Wildman–Crippen LogP) is 31.9. The van der Waals surface area contributed by atoms with Crippen LogP contribution in [0, 0.1) is 0 Å². The van der Waals surface area contributed by atoms with E-state index in [1.54, 1.807) is 0 Å². The number of furan rings is 2. The van der Waals surface area contributed by atoms with E-state index < -0.39 is 0 Å². The Morgan fingerprint density at radius 3 is 0.822 bits per heavy atom. The van der Waals surface area contributed by atoms with Gasteiger partial charge in [-0.15, -0.1) is 0 Å². The molecule has 0 atom stereocenters. The van der Waals surface area contributed by atoms with E-state index in [0.29, 0.717) is 0 Å². The Kier molecular flexibility index (Phi) is 14.5. The van der Waals surface area contributed by atoms with E-state index in [2.05, 4.69) is 410 Å². The van der Waals surface area contributed by atoms with Crippen molar-refractivity contribution < 1.29 is 8.83 Å². The highest BCUT2D eigenvalue weighted by molar-refractivity contribution is 6.44. The second kappa shape index (κ2) is 26.0. The van der Waals surface area contributed by atoms with Gasteiger partial charge in [-0.25, -0.2) is 0 Å². The molecule has 0 fully saturated rings. The topological polar surface area (TPSA) is 36.1 Å². The zero-order valence-electron chi connectivity index (χ0n) is 64.0. The molecule has 0 aliphatic carbocycles. The van der Waals surface area contributed by atoms with Crippen LogP contribution in [0.2, 0.25) is 0 Å². The molecular weight excluding hydrogens is 1430 g/mol. The van der Waals surface area contributed by atoms with Crippen molar-refractivity contribution in [2.45, 2.75) is 0 Å². The summed E-state index contributed by atoms with van der Waals surface area (Å²) in [5, 5.41) is 21.3. The summed E-state index contributed by atoms with van der Waals surface area (Å²) in [5.74, 6) is 0. The number of rotatable bonds is 11. The van der Waals surface area contributed by atoms with Gasteiger partial charge in [-0.2, -0.15) is 0 Å². The van der Waals surface area contributed by atoms with Gasteiger partial charge in [0.05, 0.1) is 22.1 Å². The van der Waals surface area contributed by atoms with Crippen molar-refractivity contribution in [2.24, 2.45) is 0 Å². The highest BCUT2D eigenvalue weighted by Gasteiger charge is 2.30. The molecule has 0 aliphatic heterocycles. The van der Waals surface area contributed by atoms with Gasteiger partial charge in [-0.05, 0) is 257 Å². The summed E-state index contributed by atoms with van der Waals surface area (Å²) in [6, 6.07) is 153. The average molecular weight is 1500 g/mol. The van der Waals surface area contributed by atoms with Gasteiger partial charge in [-0.3, -0.25) is 0 Å². The van der Waals surface area contributed by atoms with Crippen molar-refractivity contribution in [2.75, 3.05) is 0 Å². The van der Waals surface area contributed by atoms with Gasteiger partial charge in [-0.1, -0.05) is 309 Å². The summed E-state index contributed by atoms with van der Waals surface area (Å²) in [4.78, 5) is 0. The lowest BCUT2D eigenvalue weighted by atomic mass is 9.75. The minimum absolute atomic E-state index is 0.762. The lowest BCUT2D eigenvalue weighted by molar-refractivity contribution is 0.633. The van der Waals surface area contributed by atoms with E-state index in [9.17, 15) is 0 Å². The number of hydrogen-bond donors (Lipinski definition) is 0. The molecule has 25 rings (SSSR count). The molecule has 0 unspecified atom stereocenters. The molecule has 0 aliphatic rings. The highest BCUT2D eigenvalue weighted by atomic mass is 16.4. The maximum absolute atomic E-state index is 6.75. The Balaban J connectivity index is 0.760. The largest absolute Gasteiger partial charge is 0.452 e. The lowest BCUT2D eigenvalue weighted by Gasteiger charge is -2.27. The summed E-state index contributed by atoms with van der Waals surface area (Å²) >= 11 is 0. The molecule has 4 aromatic heterocycles. The van der Waals surface area contributed by atoms with Gasteiger partial charge in [0.15, 0.2) is 11.2 Å². The van der Waals surface area contributed by atoms with Crippen LogP contribution in [0.3, 0.4) is 0 Å². The Morgan fingerprint density at radius 1 is 0.144 bits per heavy atom. The molecule has 546 valence electrons. The molecular formula is C114H68N2O2. The molecule has 0 saturated carbocycles. The number of fused-ring (bicyclic) bond motifs is 19. The fourth-order valence-electron chi connectivity index (χ4n) is 19.9. The van der Waals surface area contributed by atoms with Crippen LogP contribution in [0.1, 0.15) is 0 Å². The molecule has 25 aromatic rings. The first-order valence-corrected chi connectivity index (χ1v) is 40.7. The molecule has 4 heterocycles. The second-order valence-electron chi connectivity index (χ2n) is 31.6. The summed E-state index contributed by atoms with van der Waals surface area (Å²) < 4.78 is 18.3. The first kappa shape index (κ1) is 65.9. The van der Waals surface area contributed by atoms with Crippen LogP contribution in [0.25, 0.3) is 253 Å². The molecule has 0 saturated heterocycles. The van der Waals surface area contributed by atoms with Gasteiger partial charge in [0.1, 0.15) is 11.2 Å². The van der Waals surface area contributed by atoms with Crippen LogP contribution in [0.15, 0.2) is 421 Å². The number of para-hydroxylation sites is 1. The fraction of sp³-hybridized carbons (Fsp3) is 0. The Labute approximate surface area is 678 Å². The van der Waals surface area contributed by atoms with Crippen molar-refractivity contribution in [3.05, 3.63) is 413 Å². The molecule has 0 spiro atoms. The molecule has 4 heteroatoms. The monoisotopic (exact) mass is 1500 g/mol. The molecule has 118 heavy (non-hydrogen) atoms. The number of aromatic nitrogens is 2. The second-order valence-corrected chi connectivity index (χ2v) is 31.6. The third kappa shape index (κ3) is 10.0. The fourth-order valence-corrected chi connectivity index (χ4v) is 19.9. The molecule has 0 amide bonds. The number of nitrogens with zero attached hydrogens (tertiary/aromatic N) is 2. The first-order valence-electron chi connectivity index (χ1n) is 40.7. The Hall–Kier alpha value is -15.6. The van der Waals surface area contributed by atoms with E-state index in [0.717, 1.165) is 127 Å². The SMILES string of the molecule is c1ccc(-c2ccc3c(c2)c2cc(-c4ccccc4)ccc2n3-c2ccc(-c3c(-c4ccccc4)c(-c4ccc(-c5ccc6oc7c(ccc8c9ccccc9oc87)c6c5)cc4)c(-c4ccc(-n5c6ccc(-c7ccccc7)cc6c6cc(-c7ccccc7)ccc65)cc4)c4c5cccc6c7ccccc7c7cccc(c34)c7c65)cc2)cc1. The zero-order chi connectivity index (χ0) is 77.2. The molecule has 4 nitrogen and oxygen atoms in total. The molecule has 0 bridgehead atoms. The maximum Gasteiger partial charge on any atom is 0.178 e. The Bertz CT molecular complexity index is 8210. The summed E-state index contributed by atoms with van der Waals surface area (Å²) in [6.07, 6.45) is 0. The van der Waals surface area contributed by atoms with Gasteiger partial charge in [0.25, 0.3) is 0 Å². The molecule has 21 aromatic carbocycles. The van der Waals surface area contributed by atoms with Gasteiger partial charge < -0.3 is 18.0 Å². The predicted molar refractivity (Wildman–Crippen MR) is 497 cm³/mol. The van der Waals surface area contributed by atoms with Crippen LogP contribution in [-0.2, 0) is 0 Å². The van der Waals surface area contributed by atoms with Crippen LogP contribution in [-0.4, -0.2) is 9.13 Å². The van der Waals surface area contributed by atoms with Crippen molar-refractivity contribution in [1.29, 1.82) is 0 Å². The minimum atomic E-state index is 0.762. The summed E-state index contributed by atoms with van der Waals surface area (Å²) in [7, 11) is 0. The van der Waals surface area contributed by atoms with Crippen molar-refractivity contribution in [1.82, 2.24) is 9.13 Å². The maximum atomic E-state index is 6.75. The van der Waals surface area contributed by atoms with E-state index in [1.807, 2.05) is 12.1 Å². The van der Waals surface area contributed by atoms with E-state index in [-0.39, 0.29) is 0 Å². The lowest BCUT2D eigenvalue weighted by Crippen LogP contribution is -2.01. The van der Waals surface area contributed by atoms with E-state index in [1.165, 1.54) is 125 Å². The molecule has 0 N–H and O–H groups in total. The van der Waals surface area contributed by atoms with Crippen LogP contribution in [0.4, 0.5) is 0 Å². The number of hydrogen-bond acceptors (Lipinski definition) is 2. The highest BCUT2D eigenvalue weighted by Crippen LogP contribution is 2.58.